The molecule has 0 spiro atoms. The van der Waals surface area contributed by atoms with Crippen LogP contribution in [0.15, 0.2) is 0 Å². The summed E-state index contributed by atoms with van der Waals surface area (Å²) in [7, 11) is -3.50. The van der Waals surface area contributed by atoms with E-state index in [0.29, 0.717) is 6.61 Å². The van der Waals surface area contributed by atoms with E-state index in [9.17, 15) is 14.2 Å². The maximum atomic E-state index is 12.1. The Balaban J connectivity index is 2.37. The second-order valence-electron chi connectivity index (χ2n) is 3.51. The summed E-state index contributed by atoms with van der Waals surface area (Å²) in [5.41, 5.74) is 0. The zero-order chi connectivity index (χ0) is 13.6. The molecule has 0 radical (unpaired) electrons. The van der Waals surface area contributed by atoms with E-state index >= 15 is 0 Å². The van der Waals surface area contributed by atoms with Crippen LogP contribution in [0.4, 0.5) is 0 Å². The van der Waals surface area contributed by atoms with Crippen LogP contribution in [-0.2, 0) is 37.4 Å². The van der Waals surface area contributed by atoms with Crippen LogP contribution in [0.3, 0.4) is 0 Å². The molecule has 0 bridgehead atoms. The van der Waals surface area contributed by atoms with Crippen molar-refractivity contribution in [3.05, 3.63) is 0 Å². The zero-order valence-electron chi connectivity index (χ0n) is 10.1. The van der Waals surface area contributed by atoms with Gasteiger partial charge in [0.05, 0.1) is 18.9 Å². The number of carbonyl (C=O) groups is 2. The number of carbonyl (C=O) groups excluding carboxylic acids is 2. The smallest absolute Gasteiger partial charge is 0.339 e. The lowest BCUT2D eigenvalue weighted by molar-refractivity contribution is -0.149. The van der Waals surface area contributed by atoms with Gasteiger partial charge in [-0.15, -0.1) is 0 Å². The molecule has 0 amide bonds. The molecule has 104 valence electrons. The largest absolute Gasteiger partial charge is 0.438 e. The summed E-state index contributed by atoms with van der Waals surface area (Å²) >= 11 is 0. The van der Waals surface area contributed by atoms with Crippen LogP contribution in [0, 0.1) is 0 Å². The molecule has 18 heavy (non-hydrogen) atoms. The molecule has 0 saturated carbocycles. The minimum atomic E-state index is -3.50. The summed E-state index contributed by atoms with van der Waals surface area (Å²) in [6.45, 7) is 1.88. The van der Waals surface area contributed by atoms with E-state index < -0.39 is 33.1 Å². The summed E-state index contributed by atoms with van der Waals surface area (Å²) in [6.07, 6.45) is -0.180. The summed E-state index contributed by atoms with van der Waals surface area (Å²) in [6, 6.07) is 0. The predicted molar refractivity (Wildman–Crippen MR) is 57.6 cm³/mol. The van der Waals surface area contributed by atoms with Gasteiger partial charge >= 0.3 is 19.5 Å². The fraction of sp³-hybridized carbons (Fsp3) is 0.778. The van der Waals surface area contributed by atoms with Gasteiger partial charge in [-0.05, 0) is 0 Å². The number of esters is 2. The van der Waals surface area contributed by atoms with Crippen LogP contribution in [0.2, 0.25) is 0 Å². The Labute approximate surface area is 104 Å². The summed E-state index contributed by atoms with van der Waals surface area (Å²) in [5, 5.41) is 0. The van der Waals surface area contributed by atoms with Gasteiger partial charge in [0, 0.05) is 13.8 Å². The van der Waals surface area contributed by atoms with E-state index in [1.54, 1.807) is 0 Å². The third-order valence-corrected chi connectivity index (χ3v) is 3.70. The number of ether oxygens (including phenoxy) is 3. The predicted octanol–water partition coefficient (Wildman–Crippen LogP) is 0.653. The Morgan fingerprint density at radius 1 is 1.17 bits per heavy atom. The van der Waals surface area contributed by atoms with E-state index in [2.05, 4.69) is 9.47 Å². The molecule has 1 heterocycles. The highest BCUT2D eigenvalue weighted by Crippen LogP contribution is 2.50. The quantitative estimate of drug-likeness (QED) is 0.277. The Morgan fingerprint density at radius 2 is 1.61 bits per heavy atom. The normalized spacial score (nSPS) is 18.2. The van der Waals surface area contributed by atoms with Crippen molar-refractivity contribution >= 4 is 19.5 Å². The first-order valence-electron chi connectivity index (χ1n) is 5.18. The lowest BCUT2D eigenvalue weighted by atomic mass is 10.6. The highest BCUT2D eigenvalue weighted by atomic mass is 31.2. The summed E-state index contributed by atoms with van der Waals surface area (Å²) in [4.78, 5) is 21.1. The number of epoxide rings is 1. The first-order chi connectivity index (χ1) is 8.41. The van der Waals surface area contributed by atoms with Crippen molar-refractivity contribution in [3.63, 3.8) is 0 Å². The third-order valence-electron chi connectivity index (χ3n) is 1.85. The molecule has 1 unspecified atom stereocenters. The lowest BCUT2D eigenvalue weighted by Crippen LogP contribution is -2.11. The topological polar surface area (TPSA) is 101 Å². The minimum Gasteiger partial charge on any atom is -0.438 e. The van der Waals surface area contributed by atoms with E-state index in [0.717, 1.165) is 0 Å². The molecule has 9 heteroatoms. The fourth-order valence-corrected chi connectivity index (χ4v) is 2.37. The summed E-state index contributed by atoms with van der Waals surface area (Å²) < 4.78 is 35.8. The second-order valence-corrected chi connectivity index (χ2v) is 5.62. The molecule has 1 aliphatic rings. The van der Waals surface area contributed by atoms with Gasteiger partial charge in [-0.1, -0.05) is 0 Å². The second kappa shape index (κ2) is 6.84. The maximum absolute atomic E-state index is 12.1. The SMILES string of the molecule is CC(=O)OCOP(=O)(CC1CO1)OCOC(C)=O. The average Bonchev–Trinajstić information content (AvgIpc) is 3.00. The molecule has 1 fully saturated rings. The van der Waals surface area contributed by atoms with Gasteiger partial charge in [0.2, 0.25) is 13.6 Å². The molecule has 0 aromatic rings. The maximum Gasteiger partial charge on any atom is 0.339 e. The first-order valence-corrected chi connectivity index (χ1v) is 6.90. The van der Waals surface area contributed by atoms with E-state index in [4.69, 9.17) is 13.8 Å². The molecule has 1 rings (SSSR count). The van der Waals surface area contributed by atoms with Gasteiger partial charge in [-0.25, -0.2) is 0 Å². The standard InChI is InChI=1S/C9H15O8P/c1-7(10)14-5-16-18(12,4-9-3-13-9)17-6-15-8(2)11/h9H,3-6H2,1-2H3. The van der Waals surface area contributed by atoms with Crippen molar-refractivity contribution in [3.8, 4) is 0 Å². The molecular formula is C9H15O8P. The van der Waals surface area contributed by atoms with Crippen LogP contribution < -0.4 is 0 Å². The van der Waals surface area contributed by atoms with Gasteiger partial charge in [0.1, 0.15) is 0 Å². The Kier molecular flexibility index (Phi) is 5.74. The Bertz CT molecular complexity index is 326. The van der Waals surface area contributed by atoms with Crippen LogP contribution in [0.1, 0.15) is 13.8 Å². The van der Waals surface area contributed by atoms with Crippen molar-refractivity contribution in [1.29, 1.82) is 0 Å². The van der Waals surface area contributed by atoms with Crippen LogP contribution in [0.25, 0.3) is 0 Å². The fourth-order valence-electron chi connectivity index (χ4n) is 0.945. The van der Waals surface area contributed by atoms with Crippen molar-refractivity contribution in [2.24, 2.45) is 0 Å². The lowest BCUT2D eigenvalue weighted by Gasteiger charge is -2.16. The molecule has 1 saturated heterocycles. The Morgan fingerprint density at radius 3 is 1.94 bits per heavy atom. The molecule has 0 N–H and O–H groups in total. The monoisotopic (exact) mass is 282 g/mol. The van der Waals surface area contributed by atoms with Crippen molar-refractivity contribution < 1.29 is 37.4 Å². The Hall–Kier alpha value is -0.950. The summed E-state index contributed by atoms with van der Waals surface area (Å²) in [5.74, 6) is -1.13. The third kappa shape index (κ3) is 6.70. The van der Waals surface area contributed by atoms with Crippen molar-refractivity contribution in [2.75, 3.05) is 26.4 Å². The van der Waals surface area contributed by atoms with Gasteiger partial charge in [0.15, 0.2) is 0 Å². The van der Waals surface area contributed by atoms with E-state index in [1.165, 1.54) is 13.8 Å². The molecule has 1 aliphatic heterocycles. The van der Waals surface area contributed by atoms with Crippen LogP contribution >= 0.6 is 7.60 Å². The van der Waals surface area contributed by atoms with Crippen molar-refractivity contribution in [2.45, 2.75) is 20.0 Å². The molecule has 0 aromatic heterocycles. The van der Waals surface area contributed by atoms with E-state index in [1.807, 2.05) is 0 Å². The van der Waals surface area contributed by atoms with Gasteiger partial charge in [0.25, 0.3) is 0 Å². The highest BCUT2D eigenvalue weighted by Gasteiger charge is 2.36. The molecular weight excluding hydrogens is 267 g/mol. The van der Waals surface area contributed by atoms with Crippen molar-refractivity contribution in [1.82, 2.24) is 0 Å². The molecule has 8 nitrogen and oxygen atoms in total. The highest BCUT2D eigenvalue weighted by molar-refractivity contribution is 7.53. The number of hydrogen-bond donors (Lipinski definition) is 0. The van der Waals surface area contributed by atoms with Crippen LogP contribution in [-0.4, -0.2) is 44.4 Å². The molecule has 0 aliphatic carbocycles. The van der Waals surface area contributed by atoms with E-state index in [-0.39, 0.29) is 12.3 Å². The number of rotatable bonds is 8. The number of hydrogen-bond acceptors (Lipinski definition) is 8. The van der Waals surface area contributed by atoms with Gasteiger partial charge < -0.3 is 14.2 Å². The molecule has 0 aromatic carbocycles. The zero-order valence-corrected chi connectivity index (χ0v) is 11.0. The van der Waals surface area contributed by atoms with Crippen LogP contribution in [0.5, 0.6) is 0 Å². The average molecular weight is 282 g/mol. The first kappa shape index (κ1) is 15.1. The van der Waals surface area contributed by atoms with Gasteiger partial charge in [-0.2, -0.15) is 0 Å². The van der Waals surface area contributed by atoms with Gasteiger partial charge in [-0.3, -0.25) is 23.2 Å². The minimum absolute atomic E-state index is 0.0233. The molecule has 1 atom stereocenters.